The van der Waals surface area contributed by atoms with Crippen molar-refractivity contribution in [1.82, 2.24) is 14.8 Å². The molecule has 0 aliphatic carbocycles. The van der Waals surface area contributed by atoms with Crippen LogP contribution in [0.4, 0.5) is 10.5 Å². The first-order chi connectivity index (χ1) is 14.2. The van der Waals surface area contributed by atoms with Crippen molar-refractivity contribution in [2.45, 2.75) is 6.42 Å². The van der Waals surface area contributed by atoms with Crippen LogP contribution in [0.25, 0.3) is 10.9 Å². The minimum atomic E-state index is -0.182. The highest BCUT2D eigenvalue weighted by Gasteiger charge is 2.25. The number of hydrogen-bond donors (Lipinski definition) is 2. The van der Waals surface area contributed by atoms with Crippen LogP contribution in [0.1, 0.15) is 5.56 Å². The summed E-state index contributed by atoms with van der Waals surface area (Å²) in [5.41, 5.74) is 2.67. The fourth-order valence-corrected chi connectivity index (χ4v) is 3.65. The molecule has 0 bridgehead atoms. The van der Waals surface area contributed by atoms with Gasteiger partial charge in [-0.05, 0) is 23.8 Å². The maximum absolute atomic E-state index is 12.7. The average molecular weight is 392 g/mol. The standard InChI is InChI=1S/C22H24N4O3/c1-29-20-9-5-4-8-19(20)24-22(28)26-12-10-25(11-13-26)21(27)14-16-15-23-18-7-3-2-6-17(16)18/h2-9,15,23H,10-14H2,1H3,(H,24,28). The summed E-state index contributed by atoms with van der Waals surface area (Å²) in [7, 11) is 1.57. The maximum Gasteiger partial charge on any atom is 0.322 e. The quantitative estimate of drug-likeness (QED) is 0.716. The number of nitrogens with zero attached hydrogens (tertiary/aromatic N) is 2. The Morgan fingerprint density at radius 2 is 1.69 bits per heavy atom. The van der Waals surface area contributed by atoms with E-state index in [1.165, 1.54) is 0 Å². The Labute approximate surface area is 169 Å². The van der Waals surface area contributed by atoms with Gasteiger partial charge in [0.25, 0.3) is 0 Å². The zero-order chi connectivity index (χ0) is 20.2. The van der Waals surface area contributed by atoms with Gasteiger partial charge in [-0.2, -0.15) is 0 Å². The smallest absolute Gasteiger partial charge is 0.322 e. The van der Waals surface area contributed by atoms with Gasteiger partial charge in [0.15, 0.2) is 0 Å². The molecule has 0 saturated carbocycles. The Bertz CT molecular complexity index is 1020. The molecule has 2 aromatic carbocycles. The van der Waals surface area contributed by atoms with Gasteiger partial charge < -0.3 is 24.8 Å². The number of carbonyl (C=O) groups excluding carboxylic acids is 2. The molecule has 1 fully saturated rings. The lowest BCUT2D eigenvalue weighted by atomic mass is 10.1. The zero-order valence-corrected chi connectivity index (χ0v) is 16.4. The summed E-state index contributed by atoms with van der Waals surface area (Å²) in [6, 6.07) is 15.1. The topological polar surface area (TPSA) is 77.7 Å². The van der Waals surface area contributed by atoms with E-state index in [1.54, 1.807) is 24.1 Å². The molecule has 0 spiro atoms. The van der Waals surface area contributed by atoms with Gasteiger partial charge in [0.05, 0.1) is 19.2 Å². The molecule has 29 heavy (non-hydrogen) atoms. The van der Waals surface area contributed by atoms with Crippen molar-refractivity contribution in [3.63, 3.8) is 0 Å². The number of benzene rings is 2. The van der Waals surface area contributed by atoms with Crippen molar-refractivity contribution in [2.24, 2.45) is 0 Å². The van der Waals surface area contributed by atoms with Crippen molar-refractivity contribution in [1.29, 1.82) is 0 Å². The summed E-state index contributed by atoms with van der Waals surface area (Å²) in [4.78, 5) is 32.1. The lowest BCUT2D eigenvalue weighted by Gasteiger charge is -2.34. The SMILES string of the molecule is COc1ccccc1NC(=O)N1CCN(C(=O)Cc2c[nH]c3ccccc23)CC1. The van der Waals surface area contributed by atoms with E-state index in [9.17, 15) is 9.59 Å². The number of para-hydroxylation sites is 3. The number of H-pyrrole nitrogens is 1. The van der Waals surface area contributed by atoms with Gasteiger partial charge >= 0.3 is 6.03 Å². The van der Waals surface area contributed by atoms with E-state index in [0.29, 0.717) is 44.0 Å². The lowest BCUT2D eigenvalue weighted by molar-refractivity contribution is -0.131. The van der Waals surface area contributed by atoms with Crippen LogP contribution in [0.2, 0.25) is 0 Å². The molecule has 1 aromatic heterocycles. The second-order valence-electron chi connectivity index (χ2n) is 7.03. The second kappa shape index (κ2) is 8.26. The zero-order valence-electron chi connectivity index (χ0n) is 16.4. The Morgan fingerprint density at radius 3 is 2.48 bits per heavy atom. The van der Waals surface area contributed by atoms with Crippen LogP contribution in [-0.2, 0) is 11.2 Å². The predicted octanol–water partition coefficient (Wildman–Crippen LogP) is 3.10. The maximum atomic E-state index is 12.7. The van der Waals surface area contributed by atoms with E-state index in [2.05, 4.69) is 10.3 Å². The number of hydrogen-bond acceptors (Lipinski definition) is 3. The van der Waals surface area contributed by atoms with Crippen LogP contribution in [0.5, 0.6) is 5.75 Å². The number of aromatic amines is 1. The van der Waals surface area contributed by atoms with Crippen molar-refractivity contribution >= 4 is 28.5 Å². The molecule has 7 nitrogen and oxygen atoms in total. The Balaban J connectivity index is 1.33. The van der Waals surface area contributed by atoms with E-state index < -0.39 is 0 Å². The molecule has 3 aromatic rings. The van der Waals surface area contributed by atoms with E-state index >= 15 is 0 Å². The molecule has 0 radical (unpaired) electrons. The monoisotopic (exact) mass is 392 g/mol. The van der Waals surface area contributed by atoms with E-state index in [0.717, 1.165) is 16.5 Å². The van der Waals surface area contributed by atoms with Crippen molar-refractivity contribution < 1.29 is 14.3 Å². The van der Waals surface area contributed by atoms with Gasteiger partial charge in [-0.1, -0.05) is 30.3 Å². The van der Waals surface area contributed by atoms with Crippen LogP contribution >= 0.6 is 0 Å². The number of aromatic nitrogens is 1. The molecule has 7 heteroatoms. The number of carbonyl (C=O) groups is 2. The van der Waals surface area contributed by atoms with Crippen molar-refractivity contribution in [3.8, 4) is 5.75 Å². The lowest BCUT2D eigenvalue weighted by Crippen LogP contribution is -2.52. The number of fused-ring (bicyclic) bond motifs is 1. The molecular weight excluding hydrogens is 368 g/mol. The molecule has 2 N–H and O–H groups in total. The van der Waals surface area contributed by atoms with E-state index in [-0.39, 0.29) is 11.9 Å². The molecule has 1 aliphatic heterocycles. The van der Waals surface area contributed by atoms with Crippen LogP contribution in [-0.4, -0.2) is 60.0 Å². The minimum Gasteiger partial charge on any atom is -0.495 e. The number of nitrogens with one attached hydrogen (secondary N) is 2. The third-order valence-corrected chi connectivity index (χ3v) is 5.28. The normalized spacial score (nSPS) is 14.1. The Morgan fingerprint density at radius 1 is 1.00 bits per heavy atom. The summed E-state index contributed by atoms with van der Waals surface area (Å²) >= 11 is 0. The average Bonchev–Trinajstić information content (AvgIpc) is 3.17. The molecule has 150 valence electrons. The van der Waals surface area contributed by atoms with E-state index in [1.807, 2.05) is 47.5 Å². The largest absolute Gasteiger partial charge is 0.495 e. The number of ether oxygens (including phenoxy) is 1. The molecule has 2 heterocycles. The third-order valence-electron chi connectivity index (χ3n) is 5.28. The molecule has 0 unspecified atom stereocenters. The van der Waals surface area contributed by atoms with Crippen LogP contribution in [0.3, 0.4) is 0 Å². The summed E-state index contributed by atoms with van der Waals surface area (Å²) in [6.07, 6.45) is 2.26. The van der Waals surface area contributed by atoms with Crippen molar-refractivity contribution in [2.75, 3.05) is 38.6 Å². The Hall–Kier alpha value is -3.48. The highest BCUT2D eigenvalue weighted by molar-refractivity contribution is 5.91. The third kappa shape index (κ3) is 4.03. The van der Waals surface area contributed by atoms with Crippen LogP contribution in [0.15, 0.2) is 54.7 Å². The van der Waals surface area contributed by atoms with Crippen LogP contribution < -0.4 is 10.1 Å². The molecule has 4 rings (SSSR count). The fraction of sp³-hybridized carbons (Fsp3) is 0.273. The summed E-state index contributed by atoms with van der Waals surface area (Å²) in [5.74, 6) is 0.702. The molecular formula is C22H24N4O3. The van der Waals surface area contributed by atoms with Gasteiger partial charge in [0.1, 0.15) is 5.75 Å². The van der Waals surface area contributed by atoms with Gasteiger partial charge in [-0.15, -0.1) is 0 Å². The van der Waals surface area contributed by atoms with Crippen molar-refractivity contribution in [3.05, 3.63) is 60.3 Å². The highest BCUT2D eigenvalue weighted by Crippen LogP contribution is 2.23. The van der Waals surface area contributed by atoms with E-state index in [4.69, 9.17) is 4.74 Å². The number of piperazine rings is 1. The van der Waals surface area contributed by atoms with Gasteiger partial charge in [0.2, 0.25) is 5.91 Å². The van der Waals surface area contributed by atoms with Gasteiger partial charge in [-0.3, -0.25) is 4.79 Å². The summed E-state index contributed by atoms with van der Waals surface area (Å²) < 4.78 is 5.27. The molecule has 1 aliphatic rings. The number of rotatable bonds is 4. The number of amides is 3. The van der Waals surface area contributed by atoms with Gasteiger partial charge in [0, 0.05) is 43.3 Å². The minimum absolute atomic E-state index is 0.0829. The first-order valence-electron chi connectivity index (χ1n) is 9.67. The molecule has 3 amide bonds. The summed E-state index contributed by atoms with van der Waals surface area (Å²) in [6.45, 7) is 2.06. The van der Waals surface area contributed by atoms with Crippen LogP contribution in [0, 0.1) is 0 Å². The highest BCUT2D eigenvalue weighted by atomic mass is 16.5. The second-order valence-corrected chi connectivity index (χ2v) is 7.03. The number of urea groups is 1. The molecule has 1 saturated heterocycles. The first kappa shape index (κ1) is 18.9. The number of anilines is 1. The number of methoxy groups -OCH3 is 1. The van der Waals surface area contributed by atoms with Gasteiger partial charge in [-0.25, -0.2) is 4.79 Å². The first-order valence-corrected chi connectivity index (χ1v) is 9.67. The molecule has 0 atom stereocenters. The fourth-order valence-electron chi connectivity index (χ4n) is 3.65. The summed E-state index contributed by atoms with van der Waals surface area (Å²) in [5, 5.41) is 3.97. The Kier molecular flexibility index (Phi) is 5.37. The predicted molar refractivity (Wildman–Crippen MR) is 112 cm³/mol.